The van der Waals surface area contributed by atoms with E-state index in [1.54, 1.807) is 10.4 Å². The lowest BCUT2D eigenvalue weighted by atomic mass is 10.1. The van der Waals surface area contributed by atoms with E-state index in [2.05, 4.69) is 24.4 Å². The third kappa shape index (κ3) is 5.17. The van der Waals surface area contributed by atoms with Crippen molar-refractivity contribution in [1.29, 1.82) is 0 Å². The highest BCUT2D eigenvalue weighted by atomic mass is 32.2. The predicted octanol–water partition coefficient (Wildman–Crippen LogP) is 2.15. The van der Waals surface area contributed by atoms with Crippen LogP contribution in [0.25, 0.3) is 0 Å². The van der Waals surface area contributed by atoms with Gasteiger partial charge in [0.05, 0.1) is 11.4 Å². The molecule has 1 N–H and O–H groups in total. The van der Waals surface area contributed by atoms with Gasteiger partial charge in [-0.2, -0.15) is 4.31 Å². The number of amides is 1. The second kappa shape index (κ2) is 9.51. The number of piperazine rings is 1. The van der Waals surface area contributed by atoms with Crippen molar-refractivity contribution in [2.24, 2.45) is 0 Å². The van der Waals surface area contributed by atoms with Crippen LogP contribution in [0.1, 0.15) is 28.7 Å². The SMILES string of the molecule is Cc1ccccc1CCNC(=O)CN1CCN(S(=O)(=O)c2ccc3c(c2)CCC3)CC1. The van der Waals surface area contributed by atoms with Crippen molar-refractivity contribution in [3.63, 3.8) is 0 Å². The van der Waals surface area contributed by atoms with Gasteiger partial charge < -0.3 is 5.32 Å². The predicted molar refractivity (Wildman–Crippen MR) is 122 cm³/mol. The Balaban J connectivity index is 1.24. The van der Waals surface area contributed by atoms with E-state index >= 15 is 0 Å². The Labute approximate surface area is 185 Å². The first-order valence-corrected chi connectivity index (χ1v) is 12.5. The Kier molecular flexibility index (Phi) is 6.74. The highest BCUT2D eigenvalue weighted by Gasteiger charge is 2.29. The molecule has 0 radical (unpaired) electrons. The molecule has 7 heteroatoms. The summed E-state index contributed by atoms with van der Waals surface area (Å²) in [7, 11) is -3.48. The summed E-state index contributed by atoms with van der Waals surface area (Å²) in [6.07, 6.45) is 3.92. The van der Waals surface area contributed by atoms with Gasteiger partial charge in [0.25, 0.3) is 0 Å². The van der Waals surface area contributed by atoms with Gasteiger partial charge in [-0.15, -0.1) is 0 Å². The number of carbonyl (C=O) groups is 1. The molecular weight excluding hydrogens is 410 g/mol. The van der Waals surface area contributed by atoms with E-state index in [1.165, 1.54) is 22.3 Å². The van der Waals surface area contributed by atoms with Crippen molar-refractivity contribution in [2.45, 2.75) is 37.5 Å². The van der Waals surface area contributed by atoms with Gasteiger partial charge in [0.2, 0.25) is 15.9 Å². The summed E-state index contributed by atoms with van der Waals surface area (Å²) in [5.41, 5.74) is 4.92. The molecule has 4 rings (SSSR count). The van der Waals surface area contributed by atoms with Gasteiger partial charge >= 0.3 is 0 Å². The fourth-order valence-corrected chi connectivity index (χ4v) is 5.95. The Hall–Kier alpha value is -2.22. The molecule has 0 spiro atoms. The molecule has 166 valence electrons. The summed E-state index contributed by atoms with van der Waals surface area (Å²) >= 11 is 0. The smallest absolute Gasteiger partial charge is 0.243 e. The molecule has 1 heterocycles. The monoisotopic (exact) mass is 441 g/mol. The van der Waals surface area contributed by atoms with E-state index in [0.29, 0.717) is 44.2 Å². The highest BCUT2D eigenvalue weighted by molar-refractivity contribution is 7.89. The normalized spacial score (nSPS) is 17.5. The van der Waals surface area contributed by atoms with Gasteiger partial charge in [0, 0.05) is 32.7 Å². The first-order valence-electron chi connectivity index (χ1n) is 11.1. The Morgan fingerprint density at radius 1 is 1.00 bits per heavy atom. The van der Waals surface area contributed by atoms with Crippen LogP contribution in [0.5, 0.6) is 0 Å². The van der Waals surface area contributed by atoms with E-state index in [4.69, 9.17) is 0 Å². The standard InChI is InChI=1S/C24H31N3O3S/c1-19-5-2-3-6-20(19)11-12-25-24(28)18-26-13-15-27(16-14-26)31(29,30)23-10-9-21-7-4-8-22(21)17-23/h2-3,5-6,9-10,17H,4,7-8,11-16,18H2,1H3,(H,25,28). The molecule has 6 nitrogen and oxygen atoms in total. The van der Waals surface area contributed by atoms with Crippen molar-refractivity contribution in [1.82, 2.24) is 14.5 Å². The molecule has 31 heavy (non-hydrogen) atoms. The summed E-state index contributed by atoms with van der Waals surface area (Å²) in [6.45, 7) is 4.95. The minimum atomic E-state index is -3.48. The third-order valence-corrected chi connectivity index (χ3v) is 8.28. The summed E-state index contributed by atoms with van der Waals surface area (Å²) in [5, 5.41) is 2.98. The number of nitrogens with one attached hydrogen (secondary N) is 1. The summed E-state index contributed by atoms with van der Waals surface area (Å²) in [5.74, 6) is -0.0106. The van der Waals surface area contributed by atoms with Gasteiger partial charge in [-0.25, -0.2) is 8.42 Å². The third-order valence-electron chi connectivity index (χ3n) is 6.38. The fourth-order valence-electron chi connectivity index (χ4n) is 4.47. The van der Waals surface area contributed by atoms with E-state index in [9.17, 15) is 13.2 Å². The lowest BCUT2D eigenvalue weighted by molar-refractivity contribution is -0.122. The molecule has 2 aliphatic rings. The van der Waals surface area contributed by atoms with Crippen LogP contribution in [-0.4, -0.2) is 62.8 Å². The molecule has 0 atom stereocenters. The molecule has 0 saturated carbocycles. The van der Waals surface area contributed by atoms with E-state index in [0.717, 1.165) is 25.7 Å². The molecule has 1 aliphatic carbocycles. The van der Waals surface area contributed by atoms with Crippen LogP contribution in [0.3, 0.4) is 0 Å². The number of carbonyl (C=O) groups excluding carboxylic acids is 1. The molecule has 1 fully saturated rings. The van der Waals surface area contributed by atoms with Crippen molar-refractivity contribution < 1.29 is 13.2 Å². The van der Waals surface area contributed by atoms with E-state index in [1.807, 2.05) is 29.2 Å². The number of hydrogen-bond acceptors (Lipinski definition) is 4. The summed E-state index contributed by atoms with van der Waals surface area (Å²) in [4.78, 5) is 14.7. The summed E-state index contributed by atoms with van der Waals surface area (Å²) in [6, 6.07) is 13.8. The first kappa shape index (κ1) is 22.0. The number of fused-ring (bicyclic) bond motifs is 1. The Morgan fingerprint density at radius 3 is 2.52 bits per heavy atom. The second-order valence-electron chi connectivity index (χ2n) is 8.49. The van der Waals surface area contributed by atoms with E-state index in [-0.39, 0.29) is 5.91 Å². The molecule has 1 aliphatic heterocycles. The van der Waals surface area contributed by atoms with Gasteiger partial charge in [0.1, 0.15) is 0 Å². The zero-order chi connectivity index (χ0) is 21.8. The average molecular weight is 442 g/mol. The lowest BCUT2D eigenvalue weighted by Crippen LogP contribution is -2.51. The number of aryl methyl sites for hydroxylation is 3. The molecule has 0 bridgehead atoms. The van der Waals surface area contributed by atoms with E-state index < -0.39 is 10.0 Å². The molecule has 2 aromatic rings. The maximum Gasteiger partial charge on any atom is 0.243 e. The Bertz CT molecular complexity index is 1040. The van der Waals surface area contributed by atoms with Crippen molar-refractivity contribution in [3.05, 3.63) is 64.7 Å². The number of hydrogen-bond donors (Lipinski definition) is 1. The maximum atomic E-state index is 13.0. The van der Waals surface area contributed by atoms with Crippen LogP contribution in [-0.2, 0) is 34.1 Å². The lowest BCUT2D eigenvalue weighted by Gasteiger charge is -2.33. The van der Waals surface area contributed by atoms with Crippen LogP contribution in [0.4, 0.5) is 0 Å². The minimum absolute atomic E-state index is 0.0106. The molecule has 0 aromatic heterocycles. The molecule has 2 aromatic carbocycles. The highest BCUT2D eigenvalue weighted by Crippen LogP contribution is 2.26. The zero-order valence-corrected chi connectivity index (χ0v) is 19.0. The Morgan fingerprint density at radius 2 is 1.74 bits per heavy atom. The van der Waals surface area contributed by atoms with Gasteiger partial charge in [-0.05, 0) is 67.0 Å². The van der Waals surface area contributed by atoms with Crippen LogP contribution in [0, 0.1) is 6.92 Å². The molecule has 1 saturated heterocycles. The summed E-state index contributed by atoms with van der Waals surface area (Å²) < 4.78 is 27.6. The number of rotatable bonds is 7. The maximum absolute atomic E-state index is 13.0. The minimum Gasteiger partial charge on any atom is -0.355 e. The van der Waals surface area contributed by atoms with Gasteiger partial charge in [-0.1, -0.05) is 30.3 Å². The number of sulfonamides is 1. The largest absolute Gasteiger partial charge is 0.355 e. The van der Waals surface area contributed by atoms with Crippen molar-refractivity contribution in [2.75, 3.05) is 39.3 Å². The topological polar surface area (TPSA) is 69.7 Å². The molecular formula is C24H31N3O3S. The number of nitrogens with zero attached hydrogens (tertiary/aromatic N) is 2. The molecule has 1 amide bonds. The van der Waals surface area contributed by atoms with Crippen LogP contribution < -0.4 is 5.32 Å². The zero-order valence-electron chi connectivity index (χ0n) is 18.1. The quantitative estimate of drug-likeness (QED) is 0.715. The van der Waals surface area contributed by atoms with Crippen LogP contribution >= 0.6 is 0 Å². The second-order valence-corrected chi connectivity index (χ2v) is 10.4. The van der Waals surface area contributed by atoms with Crippen LogP contribution in [0.2, 0.25) is 0 Å². The van der Waals surface area contributed by atoms with Gasteiger partial charge in [0.15, 0.2) is 0 Å². The van der Waals surface area contributed by atoms with Crippen LogP contribution in [0.15, 0.2) is 47.4 Å². The fraction of sp³-hybridized carbons (Fsp3) is 0.458. The number of benzene rings is 2. The average Bonchev–Trinajstić information content (AvgIpc) is 3.23. The van der Waals surface area contributed by atoms with Crippen molar-refractivity contribution in [3.8, 4) is 0 Å². The molecule has 0 unspecified atom stereocenters. The first-order chi connectivity index (χ1) is 14.9. The van der Waals surface area contributed by atoms with Gasteiger partial charge in [-0.3, -0.25) is 9.69 Å². The van der Waals surface area contributed by atoms with Crippen molar-refractivity contribution >= 4 is 15.9 Å².